The van der Waals surface area contributed by atoms with Crippen molar-refractivity contribution in [2.45, 2.75) is 26.9 Å². The van der Waals surface area contributed by atoms with Gasteiger partial charge < -0.3 is 24.6 Å². The number of methoxy groups -OCH3 is 1. The van der Waals surface area contributed by atoms with Crippen LogP contribution in [0.3, 0.4) is 0 Å². The zero-order chi connectivity index (χ0) is 18.1. The predicted octanol–water partition coefficient (Wildman–Crippen LogP) is 1.58. The van der Waals surface area contributed by atoms with Crippen LogP contribution in [0.5, 0.6) is 5.75 Å². The third-order valence-electron chi connectivity index (χ3n) is 3.42. The van der Waals surface area contributed by atoms with Crippen molar-refractivity contribution in [3.8, 4) is 5.75 Å². The lowest BCUT2D eigenvalue weighted by atomic mass is 10.1. The molecule has 2 aromatic rings. The molecule has 0 aliphatic heterocycles. The smallest absolute Gasteiger partial charge is 0.223 e. The molecule has 2 rings (SSSR count). The Labute approximate surface area is 147 Å². The number of aryl methyl sites for hydroxylation is 2. The van der Waals surface area contributed by atoms with Gasteiger partial charge in [0.15, 0.2) is 11.8 Å². The minimum Gasteiger partial charge on any atom is -0.491 e. The molecule has 0 unspecified atom stereocenters. The van der Waals surface area contributed by atoms with Gasteiger partial charge in [-0.3, -0.25) is 4.99 Å². The van der Waals surface area contributed by atoms with Crippen LogP contribution in [0.1, 0.15) is 22.8 Å². The van der Waals surface area contributed by atoms with Gasteiger partial charge in [0.1, 0.15) is 12.4 Å². The molecule has 0 aliphatic carbocycles. The van der Waals surface area contributed by atoms with Crippen molar-refractivity contribution >= 4 is 5.96 Å². The van der Waals surface area contributed by atoms with E-state index in [1.165, 1.54) is 0 Å². The van der Waals surface area contributed by atoms with Crippen molar-refractivity contribution in [1.82, 2.24) is 20.8 Å². The van der Waals surface area contributed by atoms with E-state index in [9.17, 15) is 0 Å². The van der Waals surface area contributed by atoms with Gasteiger partial charge in [-0.2, -0.15) is 4.98 Å². The van der Waals surface area contributed by atoms with Gasteiger partial charge in [0.05, 0.1) is 13.2 Å². The topological polar surface area (TPSA) is 93.8 Å². The first kappa shape index (κ1) is 18.7. The number of nitrogens with one attached hydrogen (secondary N) is 2. The first-order valence-electron chi connectivity index (χ1n) is 8.07. The molecule has 8 heteroatoms. The predicted molar refractivity (Wildman–Crippen MR) is 94.6 cm³/mol. The summed E-state index contributed by atoms with van der Waals surface area (Å²) in [5.41, 5.74) is 2.19. The van der Waals surface area contributed by atoms with Crippen molar-refractivity contribution in [2.75, 3.05) is 27.4 Å². The van der Waals surface area contributed by atoms with E-state index >= 15 is 0 Å². The Morgan fingerprint density at radius 3 is 2.68 bits per heavy atom. The number of guanidine groups is 1. The molecule has 1 aromatic carbocycles. The molecule has 0 atom stereocenters. The zero-order valence-electron chi connectivity index (χ0n) is 15.1. The van der Waals surface area contributed by atoms with Crippen LogP contribution in [0.4, 0.5) is 0 Å². The Bertz CT molecular complexity index is 699. The highest BCUT2D eigenvalue weighted by atomic mass is 16.5. The number of benzene rings is 1. The van der Waals surface area contributed by atoms with Gasteiger partial charge in [-0.1, -0.05) is 17.3 Å². The van der Waals surface area contributed by atoms with Crippen molar-refractivity contribution in [1.29, 1.82) is 0 Å². The molecule has 1 aromatic heterocycles. The molecular weight excluding hydrogens is 322 g/mol. The van der Waals surface area contributed by atoms with Gasteiger partial charge in [0.2, 0.25) is 5.89 Å². The van der Waals surface area contributed by atoms with Gasteiger partial charge in [-0.25, -0.2) is 0 Å². The zero-order valence-corrected chi connectivity index (χ0v) is 15.1. The van der Waals surface area contributed by atoms with Crippen LogP contribution in [-0.4, -0.2) is 43.5 Å². The quantitative estimate of drug-likeness (QED) is 0.425. The van der Waals surface area contributed by atoms with E-state index in [-0.39, 0.29) is 0 Å². The van der Waals surface area contributed by atoms with Crippen LogP contribution < -0.4 is 15.4 Å². The summed E-state index contributed by atoms with van der Waals surface area (Å²) in [5.74, 6) is 2.61. The molecule has 136 valence electrons. The van der Waals surface area contributed by atoms with Crippen molar-refractivity contribution in [3.63, 3.8) is 0 Å². The number of rotatable bonds is 8. The fourth-order valence-electron chi connectivity index (χ4n) is 2.15. The van der Waals surface area contributed by atoms with Crippen LogP contribution in [0.2, 0.25) is 0 Å². The highest BCUT2D eigenvalue weighted by Gasteiger charge is 2.07. The molecule has 0 amide bonds. The van der Waals surface area contributed by atoms with Crippen molar-refractivity contribution in [2.24, 2.45) is 4.99 Å². The Hall–Kier alpha value is -2.61. The average molecular weight is 347 g/mol. The maximum atomic E-state index is 5.80. The van der Waals surface area contributed by atoms with Gasteiger partial charge in [0, 0.05) is 33.2 Å². The highest BCUT2D eigenvalue weighted by molar-refractivity contribution is 5.79. The highest BCUT2D eigenvalue weighted by Crippen LogP contribution is 2.20. The summed E-state index contributed by atoms with van der Waals surface area (Å²) in [7, 11) is 3.37. The minimum atomic E-state index is 0.433. The third-order valence-corrected chi connectivity index (χ3v) is 3.42. The fraction of sp³-hybridized carbons (Fsp3) is 0.471. The Balaban J connectivity index is 1.91. The lowest BCUT2D eigenvalue weighted by molar-refractivity contribution is 0.145. The molecule has 0 radical (unpaired) electrons. The lowest BCUT2D eigenvalue weighted by Gasteiger charge is -2.15. The molecule has 2 N–H and O–H groups in total. The summed E-state index contributed by atoms with van der Waals surface area (Å²) in [5, 5.41) is 10.2. The summed E-state index contributed by atoms with van der Waals surface area (Å²) in [6.07, 6.45) is 0. The second kappa shape index (κ2) is 9.63. The monoisotopic (exact) mass is 347 g/mol. The third kappa shape index (κ3) is 6.07. The molecule has 0 fully saturated rings. The standard InChI is InChI=1S/C17H25N5O3/c1-12-5-6-14(15(9-12)24-8-7-23-4)10-19-17(18-3)20-11-16-21-13(2)25-22-16/h5-6,9H,7-8,10-11H2,1-4H3,(H2,18,19,20). The van der Waals surface area contributed by atoms with E-state index in [1.807, 2.05) is 19.1 Å². The molecule has 0 saturated heterocycles. The van der Waals surface area contributed by atoms with Crippen molar-refractivity contribution < 1.29 is 14.0 Å². The number of aromatic nitrogens is 2. The Morgan fingerprint density at radius 1 is 1.20 bits per heavy atom. The van der Waals surface area contributed by atoms with Gasteiger partial charge in [-0.05, 0) is 18.6 Å². The maximum Gasteiger partial charge on any atom is 0.223 e. The summed E-state index contributed by atoms with van der Waals surface area (Å²) in [4.78, 5) is 8.34. The number of hydrogen-bond donors (Lipinski definition) is 2. The number of nitrogens with zero attached hydrogens (tertiary/aromatic N) is 3. The van der Waals surface area contributed by atoms with Crippen LogP contribution in [-0.2, 0) is 17.8 Å². The Kier molecular flexibility index (Phi) is 7.21. The first-order chi connectivity index (χ1) is 12.1. The van der Waals surface area contributed by atoms with E-state index in [2.05, 4.69) is 31.8 Å². The molecule has 0 spiro atoms. The number of hydrogen-bond acceptors (Lipinski definition) is 6. The Morgan fingerprint density at radius 2 is 2.00 bits per heavy atom. The normalized spacial score (nSPS) is 11.4. The summed E-state index contributed by atoms with van der Waals surface area (Å²) < 4.78 is 15.8. The number of ether oxygens (including phenoxy) is 2. The van der Waals surface area contributed by atoms with E-state index < -0.39 is 0 Å². The fourth-order valence-corrected chi connectivity index (χ4v) is 2.15. The number of aliphatic imine (C=N–C) groups is 1. The second-order valence-corrected chi connectivity index (χ2v) is 5.46. The van der Waals surface area contributed by atoms with Crippen LogP contribution in [0.25, 0.3) is 0 Å². The van der Waals surface area contributed by atoms with E-state index in [4.69, 9.17) is 14.0 Å². The van der Waals surface area contributed by atoms with E-state index in [0.717, 1.165) is 16.9 Å². The van der Waals surface area contributed by atoms with Gasteiger partial charge in [0.25, 0.3) is 0 Å². The molecule has 25 heavy (non-hydrogen) atoms. The average Bonchev–Trinajstić information content (AvgIpc) is 3.02. The molecule has 0 bridgehead atoms. The molecule has 1 heterocycles. The molecule has 8 nitrogen and oxygen atoms in total. The SMILES string of the molecule is CN=C(NCc1noc(C)n1)NCc1ccc(C)cc1OCCOC. The second-order valence-electron chi connectivity index (χ2n) is 5.46. The summed E-state index contributed by atoms with van der Waals surface area (Å²) in [6.45, 7) is 5.86. The van der Waals surface area contributed by atoms with Crippen molar-refractivity contribution in [3.05, 3.63) is 41.0 Å². The van der Waals surface area contributed by atoms with Gasteiger partial charge in [-0.15, -0.1) is 0 Å². The maximum absolute atomic E-state index is 5.80. The van der Waals surface area contributed by atoms with Crippen LogP contribution in [0, 0.1) is 13.8 Å². The molecule has 0 aliphatic rings. The first-order valence-corrected chi connectivity index (χ1v) is 8.07. The minimum absolute atomic E-state index is 0.433. The van der Waals surface area contributed by atoms with Crippen LogP contribution in [0.15, 0.2) is 27.7 Å². The molecular formula is C17H25N5O3. The lowest BCUT2D eigenvalue weighted by Crippen LogP contribution is -2.36. The van der Waals surface area contributed by atoms with E-state index in [0.29, 0.717) is 44.0 Å². The molecule has 0 saturated carbocycles. The largest absolute Gasteiger partial charge is 0.491 e. The summed E-state index contributed by atoms with van der Waals surface area (Å²) >= 11 is 0. The summed E-state index contributed by atoms with van der Waals surface area (Å²) in [6, 6.07) is 6.11. The van der Waals surface area contributed by atoms with E-state index in [1.54, 1.807) is 21.1 Å². The van der Waals surface area contributed by atoms with Gasteiger partial charge >= 0.3 is 0 Å². The van der Waals surface area contributed by atoms with Crippen LogP contribution >= 0.6 is 0 Å².